The lowest BCUT2D eigenvalue weighted by Crippen LogP contribution is -2.16. The van der Waals surface area contributed by atoms with E-state index < -0.39 is 11.9 Å². The number of hydrogen-bond acceptors (Lipinski definition) is 3. The molecule has 4 N–H and O–H groups in total. The highest BCUT2D eigenvalue weighted by molar-refractivity contribution is 6.30. The first kappa shape index (κ1) is 12.8. The maximum absolute atomic E-state index is 13.8. The number of benzene rings is 1. The Hall–Kier alpha value is -1.65. The number of rotatable bonds is 3. The summed E-state index contributed by atoms with van der Waals surface area (Å²) in [6.07, 6.45) is 3.65. The summed E-state index contributed by atoms with van der Waals surface area (Å²) in [7, 11) is 0. The molecule has 1 atom stereocenters. The fraction of sp³-hybridized carbons (Fsp3) is 0.154. The van der Waals surface area contributed by atoms with Gasteiger partial charge in [-0.15, -0.1) is 0 Å². The number of nitrogens with two attached hydrogens (primary N) is 2. The Labute approximate surface area is 110 Å². The molecule has 0 bridgehead atoms. The van der Waals surface area contributed by atoms with E-state index in [1.54, 1.807) is 30.6 Å². The third-order valence-corrected chi connectivity index (χ3v) is 3.05. The smallest absolute Gasteiger partial charge is 0.146 e. The van der Waals surface area contributed by atoms with E-state index in [2.05, 4.69) is 4.98 Å². The lowest BCUT2D eigenvalue weighted by Gasteiger charge is -2.14. The third-order valence-electron chi connectivity index (χ3n) is 2.76. The van der Waals surface area contributed by atoms with E-state index in [1.807, 2.05) is 0 Å². The minimum absolute atomic E-state index is 0.0714. The predicted molar refractivity (Wildman–Crippen MR) is 70.7 cm³/mol. The van der Waals surface area contributed by atoms with Crippen LogP contribution < -0.4 is 11.5 Å². The van der Waals surface area contributed by atoms with Crippen molar-refractivity contribution in [3.05, 3.63) is 58.6 Å². The summed E-state index contributed by atoms with van der Waals surface area (Å²) in [6.45, 7) is 0. The van der Waals surface area contributed by atoms with Crippen LogP contribution in [0, 0.1) is 5.82 Å². The van der Waals surface area contributed by atoms with Gasteiger partial charge in [-0.2, -0.15) is 0 Å². The molecule has 0 aliphatic carbocycles. The Bertz CT molecular complexity index is 560. The summed E-state index contributed by atoms with van der Waals surface area (Å²) >= 11 is 5.72. The number of nitrogen functional groups attached to an aromatic ring is 1. The van der Waals surface area contributed by atoms with Crippen molar-refractivity contribution in [2.24, 2.45) is 5.73 Å². The summed E-state index contributed by atoms with van der Waals surface area (Å²) in [5, 5.41) is 0.0714. The number of nitrogens with zero attached hydrogens (tertiary/aromatic N) is 1. The van der Waals surface area contributed by atoms with Gasteiger partial charge in [0, 0.05) is 29.7 Å². The van der Waals surface area contributed by atoms with Crippen LogP contribution in [0.15, 0.2) is 36.7 Å². The molecule has 1 aromatic carbocycles. The second-order valence-corrected chi connectivity index (χ2v) is 4.44. The van der Waals surface area contributed by atoms with Crippen LogP contribution in [-0.2, 0) is 6.42 Å². The van der Waals surface area contributed by atoms with E-state index in [0.717, 1.165) is 5.56 Å². The van der Waals surface area contributed by atoms with Crippen LogP contribution in [0.1, 0.15) is 17.2 Å². The standard InChI is InChI=1S/C13H13ClFN3/c14-10-3-1-2-9(13(10)15)12(17)6-8-7-18-5-4-11(8)16/h1-5,7,12H,6,17H2,(H2,16,18). The normalized spacial score (nSPS) is 12.4. The lowest BCUT2D eigenvalue weighted by atomic mass is 9.99. The molecule has 5 heteroatoms. The van der Waals surface area contributed by atoms with Gasteiger partial charge in [-0.05, 0) is 24.1 Å². The minimum Gasteiger partial charge on any atom is -0.398 e. The number of anilines is 1. The lowest BCUT2D eigenvalue weighted by molar-refractivity contribution is 0.580. The van der Waals surface area contributed by atoms with Crippen LogP contribution in [0.25, 0.3) is 0 Å². The minimum atomic E-state index is -0.504. The Morgan fingerprint density at radius 3 is 2.83 bits per heavy atom. The summed E-state index contributed by atoms with van der Waals surface area (Å²) in [4.78, 5) is 3.98. The van der Waals surface area contributed by atoms with E-state index in [9.17, 15) is 4.39 Å². The number of hydrogen-bond donors (Lipinski definition) is 2. The molecule has 0 radical (unpaired) electrons. The Morgan fingerprint density at radius 2 is 2.11 bits per heavy atom. The van der Waals surface area contributed by atoms with Crippen molar-refractivity contribution in [1.82, 2.24) is 4.98 Å². The molecule has 2 rings (SSSR count). The molecular formula is C13H13ClFN3. The molecule has 2 aromatic rings. The molecule has 0 fully saturated rings. The SMILES string of the molecule is Nc1ccncc1CC(N)c1cccc(Cl)c1F. The van der Waals surface area contributed by atoms with Gasteiger partial charge in [0.25, 0.3) is 0 Å². The van der Waals surface area contributed by atoms with Crippen molar-refractivity contribution in [3.63, 3.8) is 0 Å². The fourth-order valence-corrected chi connectivity index (χ4v) is 1.94. The Kier molecular flexibility index (Phi) is 3.79. The van der Waals surface area contributed by atoms with Crippen molar-refractivity contribution in [2.75, 3.05) is 5.73 Å². The van der Waals surface area contributed by atoms with Gasteiger partial charge in [-0.25, -0.2) is 4.39 Å². The maximum Gasteiger partial charge on any atom is 0.146 e. The van der Waals surface area contributed by atoms with E-state index in [-0.39, 0.29) is 5.02 Å². The molecule has 1 unspecified atom stereocenters. The summed E-state index contributed by atoms with van der Waals surface area (Å²) in [5.41, 5.74) is 13.6. The van der Waals surface area contributed by atoms with Gasteiger partial charge < -0.3 is 11.5 Å². The Balaban J connectivity index is 2.25. The molecule has 1 aromatic heterocycles. The second kappa shape index (κ2) is 5.33. The third kappa shape index (κ3) is 2.60. The van der Waals surface area contributed by atoms with Crippen molar-refractivity contribution in [2.45, 2.75) is 12.5 Å². The van der Waals surface area contributed by atoms with Gasteiger partial charge in [-0.1, -0.05) is 23.7 Å². The summed E-state index contributed by atoms with van der Waals surface area (Å²) in [6, 6.07) is 5.98. The summed E-state index contributed by atoms with van der Waals surface area (Å²) in [5.74, 6) is -0.478. The van der Waals surface area contributed by atoms with Crippen molar-refractivity contribution < 1.29 is 4.39 Å². The average molecular weight is 266 g/mol. The number of aromatic nitrogens is 1. The van der Waals surface area contributed by atoms with Gasteiger partial charge in [0.2, 0.25) is 0 Å². The quantitative estimate of drug-likeness (QED) is 0.897. The van der Waals surface area contributed by atoms with Gasteiger partial charge in [0.15, 0.2) is 0 Å². The largest absolute Gasteiger partial charge is 0.398 e. The predicted octanol–water partition coefficient (Wildman–Crippen LogP) is 2.70. The monoisotopic (exact) mass is 265 g/mol. The van der Waals surface area contributed by atoms with E-state index in [4.69, 9.17) is 23.1 Å². The van der Waals surface area contributed by atoms with Crippen LogP contribution in [0.4, 0.5) is 10.1 Å². The molecule has 0 aliphatic heterocycles. The molecule has 0 amide bonds. The van der Waals surface area contributed by atoms with E-state index in [0.29, 0.717) is 17.7 Å². The molecule has 0 aliphatic rings. The van der Waals surface area contributed by atoms with Gasteiger partial charge >= 0.3 is 0 Å². The molecule has 18 heavy (non-hydrogen) atoms. The molecule has 0 saturated heterocycles. The summed E-state index contributed by atoms with van der Waals surface area (Å²) < 4.78 is 13.8. The van der Waals surface area contributed by atoms with E-state index >= 15 is 0 Å². The van der Waals surface area contributed by atoms with Gasteiger partial charge in [0.05, 0.1) is 5.02 Å². The molecular weight excluding hydrogens is 253 g/mol. The zero-order valence-electron chi connectivity index (χ0n) is 9.61. The molecule has 94 valence electrons. The molecule has 3 nitrogen and oxygen atoms in total. The Morgan fingerprint density at radius 1 is 1.33 bits per heavy atom. The van der Waals surface area contributed by atoms with Crippen molar-refractivity contribution in [1.29, 1.82) is 0 Å². The highest BCUT2D eigenvalue weighted by atomic mass is 35.5. The number of halogens is 2. The van der Waals surface area contributed by atoms with Crippen molar-refractivity contribution in [3.8, 4) is 0 Å². The van der Waals surface area contributed by atoms with Crippen LogP contribution in [0.2, 0.25) is 5.02 Å². The van der Waals surface area contributed by atoms with Crippen LogP contribution >= 0.6 is 11.6 Å². The van der Waals surface area contributed by atoms with Gasteiger partial charge in [0.1, 0.15) is 5.82 Å². The molecule has 1 heterocycles. The van der Waals surface area contributed by atoms with E-state index in [1.165, 1.54) is 6.07 Å². The second-order valence-electron chi connectivity index (χ2n) is 4.03. The first-order valence-electron chi connectivity index (χ1n) is 5.47. The van der Waals surface area contributed by atoms with Crippen molar-refractivity contribution >= 4 is 17.3 Å². The molecule has 0 spiro atoms. The topological polar surface area (TPSA) is 64.9 Å². The average Bonchev–Trinajstić information content (AvgIpc) is 2.35. The zero-order valence-corrected chi connectivity index (χ0v) is 10.4. The zero-order chi connectivity index (χ0) is 13.1. The first-order valence-corrected chi connectivity index (χ1v) is 5.85. The highest BCUT2D eigenvalue weighted by Crippen LogP contribution is 2.25. The van der Waals surface area contributed by atoms with Gasteiger partial charge in [-0.3, -0.25) is 4.98 Å². The molecule has 0 saturated carbocycles. The highest BCUT2D eigenvalue weighted by Gasteiger charge is 2.15. The van der Waals surface area contributed by atoms with Crippen LogP contribution in [-0.4, -0.2) is 4.98 Å². The fourth-order valence-electron chi connectivity index (χ4n) is 1.76. The first-order chi connectivity index (χ1) is 8.59. The maximum atomic E-state index is 13.8. The number of pyridine rings is 1. The van der Waals surface area contributed by atoms with Crippen LogP contribution in [0.5, 0.6) is 0 Å². The van der Waals surface area contributed by atoms with Crippen LogP contribution in [0.3, 0.4) is 0 Å².